The molecule has 0 spiro atoms. The van der Waals surface area contributed by atoms with Crippen LogP contribution in [0.15, 0.2) is 120 Å². The molecule has 2 amide bonds. The van der Waals surface area contributed by atoms with Crippen LogP contribution in [0.2, 0.25) is 0 Å². The molecule has 0 radical (unpaired) electrons. The Morgan fingerprint density at radius 1 is 0.647 bits per heavy atom. The second-order valence-electron chi connectivity index (χ2n) is 12.0. The van der Waals surface area contributed by atoms with Crippen LogP contribution in [0.25, 0.3) is 22.8 Å². The number of oxazole rings is 1. The molecule has 5 aromatic rings. The fourth-order valence-electron chi connectivity index (χ4n) is 5.19. The number of hydrogen-bond donors (Lipinski definition) is 6. The number of carbonyl (C=O) groups is 4. The number of benzene rings is 4. The van der Waals surface area contributed by atoms with E-state index >= 15 is 0 Å². The number of carbonyl (C=O) groups excluding carboxylic acids is 4. The van der Waals surface area contributed by atoms with Gasteiger partial charge in [0.2, 0.25) is 5.89 Å². The van der Waals surface area contributed by atoms with E-state index in [4.69, 9.17) is 15.2 Å². The van der Waals surface area contributed by atoms with Crippen LogP contribution in [0.4, 0.5) is 0 Å². The molecular formula is C39H35N5O7. The van der Waals surface area contributed by atoms with Gasteiger partial charge in [-0.15, -0.1) is 0 Å². The second-order valence-corrected chi connectivity index (χ2v) is 12.0. The van der Waals surface area contributed by atoms with Gasteiger partial charge in [-0.1, -0.05) is 97.1 Å². The van der Waals surface area contributed by atoms with Crippen LogP contribution in [0.1, 0.15) is 45.7 Å². The average Bonchev–Trinajstić information content (AvgIpc) is 3.66. The van der Waals surface area contributed by atoms with Gasteiger partial charge in [0.1, 0.15) is 12.1 Å². The molecule has 4 aromatic carbocycles. The molecule has 51 heavy (non-hydrogen) atoms. The highest BCUT2D eigenvalue weighted by atomic mass is 16.4. The molecule has 5 rings (SSSR count). The Kier molecular flexibility index (Phi) is 10.6. The fraction of sp³-hybridized carbons (Fsp3) is 0.154. The van der Waals surface area contributed by atoms with E-state index in [1.54, 1.807) is 84.9 Å². The number of Topliss-reactive ketones (excluding diaryl/α,β-unsaturated/α-hetero) is 2. The van der Waals surface area contributed by atoms with Gasteiger partial charge in [-0.05, 0) is 37.1 Å². The van der Waals surface area contributed by atoms with E-state index in [-0.39, 0.29) is 17.0 Å². The first-order chi connectivity index (χ1) is 24.4. The minimum Gasteiger partial charge on any atom is -0.436 e. The molecule has 0 aliphatic rings. The maximum Gasteiger partial charge on any atom is 0.257 e. The molecule has 0 aliphatic carbocycles. The van der Waals surface area contributed by atoms with Gasteiger partial charge in [-0.3, -0.25) is 19.2 Å². The molecule has 0 aliphatic heterocycles. The Balaban J connectivity index is 1.23. The zero-order chi connectivity index (χ0) is 36.8. The van der Waals surface area contributed by atoms with E-state index in [1.807, 2.05) is 0 Å². The van der Waals surface area contributed by atoms with E-state index in [0.717, 1.165) is 12.4 Å². The molecule has 12 heteroatoms. The van der Waals surface area contributed by atoms with E-state index in [2.05, 4.69) is 15.6 Å². The summed E-state index contributed by atoms with van der Waals surface area (Å²) >= 11 is 0. The van der Waals surface area contributed by atoms with E-state index < -0.39 is 46.7 Å². The van der Waals surface area contributed by atoms with E-state index in [9.17, 15) is 29.4 Å². The molecule has 0 bridgehead atoms. The van der Waals surface area contributed by atoms with Crippen molar-refractivity contribution in [2.24, 2.45) is 0 Å². The first-order valence-corrected chi connectivity index (χ1v) is 15.8. The lowest BCUT2D eigenvalue weighted by atomic mass is 9.94. The van der Waals surface area contributed by atoms with Gasteiger partial charge in [-0.2, -0.15) is 0 Å². The van der Waals surface area contributed by atoms with E-state index in [0.29, 0.717) is 28.0 Å². The normalized spacial score (nSPS) is 14.5. The fourth-order valence-corrected chi connectivity index (χ4v) is 5.19. The number of rotatable bonds is 14. The summed E-state index contributed by atoms with van der Waals surface area (Å²) in [7, 11) is 0. The SMILES string of the molecule is C[C@@](O)(C(=O)N[C@@H](C=N)C(=O)c1ccc(-c2cnc(-c3ccc(C(=O)[C@H](C=N)NC(=O)[C@@](C)(O)c4ccccc4)cc3)o2)cc1)c1ccccc1. The van der Waals surface area contributed by atoms with Crippen LogP contribution in [0, 0.1) is 10.8 Å². The van der Waals surface area contributed by atoms with Gasteiger partial charge in [-0.25, -0.2) is 4.98 Å². The van der Waals surface area contributed by atoms with Crippen LogP contribution in [-0.2, 0) is 20.8 Å². The van der Waals surface area contributed by atoms with Crippen LogP contribution in [-0.4, -0.2) is 63.1 Å². The predicted molar refractivity (Wildman–Crippen MR) is 189 cm³/mol. The van der Waals surface area contributed by atoms with E-state index in [1.165, 1.54) is 44.3 Å². The van der Waals surface area contributed by atoms with Crippen LogP contribution in [0.5, 0.6) is 0 Å². The first-order valence-electron chi connectivity index (χ1n) is 15.8. The molecule has 0 unspecified atom stereocenters. The molecule has 6 N–H and O–H groups in total. The molecule has 0 saturated heterocycles. The molecule has 4 atom stereocenters. The summed E-state index contributed by atoms with van der Waals surface area (Å²) in [6.07, 6.45) is 3.10. The van der Waals surface area contributed by atoms with Crippen molar-refractivity contribution in [2.75, 3.05) is 0 Å². The van der Waals surface area contributed by atoms with Gasteiger partial charge in [0.05, 0.1) is 6.20 Å². The maximum atomic E-state index is 13.2. The van der Waals surface area contributed by atoms with Crippen molar-refractivity contribution in [1.82, 2.24) is 15.6 Å². The van der Waals surface area contributed by atoms with Gasteiger partial charge in [0, 0.05) is 34.7 Å². The Labute approximate surface area is 293 Å². The summed E-state index contributed by atoms with van der Waals surface area (Å²) in [6.45, 7) is 2.63. The zero-order valence-electron chi connectivity index (χ0n) is 27.7. The summed E-state index contributed by atoms with van der Waals surface area (Å²) in [4.78, 5) is 56.3. The molecule has 0 saturated carbocycles. The highest BCUT2D eigenvalue weighted by Crippen LogP contribution is 2.28. The summed E-state index contributed by atoms with van der Waals surface area (Å²) in [5, 5.41) is 41.9. The molecule has 258 valence electrons. The monoisotopic (exact) mass is 685 g/mol. The minimum absolute atomic E-state index is 0.210. The number of nitrogens with one attached hydrogen (secondary N) is 4. The third-order valence-corrected chi connectivity index (χ3v) is 8.40. The topological polar surface area (TPSA) is 207 Å². The van der Waals surface area contributed by atoms with Gasteiger partial charge in [0.25, 0.3) is 11.8 Å². The average molecular weight is 686 g/mol. The first kappa shape index (κ1) is 35.9. The Morgan fingerprint density at radius 3 is 1.43 bits per heavy atom. The standard InChI is InChI=1S/C39H35N5O7/c1-38(49,28-9-5-3-6-10-28)36(47)43-30(21-40)33(45)25-15-13-24(14-16-25)32-23-42-35(51-32)27-19-17-26(18-20-27)34(46)31(22-41)44-37(48)39(2,50)29-11-7-4-8-12-29/h3-23,30-31,40-41,49-50H,1-2H3,(H,43,47)(H,44,48)/t30-,31-,38-,39-/m0/s1. The lowest BCUT2D eigenvalue weighted by Crippen LogP contribution is -2.50. The van der Waals surface area contributed by atoms with Crippen LogP contribution < -0.4 is 10.6 Å². The van der Waals surface area contributed by atoms with Gasteiger partial charge < -0.3 is 36.1 Å². The predicted octanol–water partition coefficient (Wildman–Crippen LogP) is 4.46. The molecular weight excluding hydrogens is 650 g/mol. The molecule has 12 nitrogen and oxygen atoms in total. The van der Waals surface area contributed by atoms with Gasteiger partial charge in [0.15, 0.2) is 28.5 Å². The Bertz CT molecular complexity index is 1910. The van der Waals surface area contributed by atoms with Crippen LogP contribution >= 0.6 is 0 Å². The van der Waals surface area contributed by atoms with Crippen molar-refractivity contribution >= 4 is 35.8 Å². The molecule has 1 heterocycles. The summed E-state index contributed by atoms with van der Waals surface area (Å²) in [5.74, 6) is -2.12. The van der Waals surface area contributed by atoms with Crippen molar-refractivity contribution in [3.05, 3.63) is 138 Å². The van der Waals surface area contributed by atoms with Crippen LogP contribution in [0.3, 0.4) is 0 Å². The minimum atomic E-state index is -1.92. The number of hydrogen-bond acceptors (Lipinski definition) is 10. The Hall–Kier alpha value is -6.37. The zero-order valence-corrected chi connectivity index (χ0v) is 27.7. The van der Waals surface area contributed by atoms with Crippen molar-refractivity contribution in [3.63, 3.8) is 0 Å². The third kappa shape index (κ3) is 7.77. The number of aliphatic hydroxyl groups is 2. The van der Waals surface area contributed by atoms with Crippen molar-refractivity contribution < 1.29 is 33.8 Å². The maximum absolute atomic E-state index is 13.2. The smallest absolute Gasteiger partial charge is 0.257 e. The lowest BCUT2D eigenvalue weighted by molar-refractivity contribution is -0.139. The number of ketones is 2. The second kappa shape index (κ2) is 15.0. The van der Waals surface area contributed by atoms with Crippen molar-refractivity contribution in [1.29, 1.82) is 10.8 Å². The Morgan fingerprint density at radius 2 is 1.04 bits per heavy atom. The largest absolute Gasteiger partial charge is 0.436 e. The van der Waals surface area contributed by atoms with Crippen molar-refractivity contribution in [2.45, 2.75) is 37.1 Å². The summed E-state index contributed by atoms with van der Waals surface area (Å²) in [6, 6.07) is 26.5. The highest BCUT2D eigenvalue weighted by Gasteiger charge is 2.36. The molecule has 1 aromatic heterocycles. The highest BCUT2D eigenvalue weighted by molar-refractivity contribution is 6.12. The quantitative estimate of drug-likeness (QED) is 0.0725. The summed E-state index contributed by atoms with van der Waals surface area (Å²) in [5.41, 5.74) is -1.59. The number of amides is 2. The van der Waals surface area contributed by atoms with Gasteiger partial charge >= 0.3 is 0 Å². The lowest BCUT2D eigenvalue weighted by Gasteiger charge is -2.24. The number of nitrogens with zero attached hydrogens (tertiary/aromatic N) is 1. The summed E-state index contributed by atoms with van der Waals surface area (Å²) < 4.78 is 5.94. The molecule has 0 fully saturated rings. The number of aromatic nitrogens is 1. The van der Waals surface area contributed by atoms with Crippen molar-refractivity contribution in [3.8, 4) is 22.8 Å². The third-order valence-electron chi connectivity index (χ3n) is 8.40.